The zero-order valence-corrected chi connectivity index (χ0v) is 18.3. The van der Waals surface area contributed by atoms with Gasteiger partial charge in [-0.2, -0.15) is 0 Å². The Kier molecular flexibility index (Phi) is 7.45. The quantitative estimate of drug-likeness (QED) is 0.432. The number of hydrogen-bond acceptors (Lipinski definition) is 5. The van der Waals surface area contributed by atoms with Gasteiger partial charge in [-0.25, -0.2) is 0 Å². The number of carbonyl (C=O) groups is 1. The predicted octanol–water partition coefficient (Wildman–Crippen LogP) is 4.00. The zero-order valence-electron chi connectivity index (χ0n) is 17.5. The summed E-state index contributed by atoms with van der Waals surface area (Å²) in [7, 11) is 3.26. The number of amides is 1. The highest BCUT2D eigenvalue weighted by molar-refractivity contribution is 7.80. The van der Waals surface area contributed by atoms with E-state index in [0.29, 0.717) is 29.5 Å². The van der Waals surface area contributed by atoms with Gasteiger partial charge in [-0.3, -0.25) is 10.1 Å². The highest BCUT2D eigenvalue weighted by Crippen LogP contribution is 2.17. The maximum Gasteiger partial charge on any atom is 0.257 e. The van der Waals surface area contributed by atoms with Crippen molar-refractivity contribution in [1.82, 2.24) is 10.2 Å². The van der Waals surface area contributed by atoms with Crippen LogP contribution in [-0.4, -0.2) is 30.1 Å². The highest BCUT2D eigenvalue weighted by Gasteiger charge is 2.16. The standard InChI is InChI=1S/C24H25N3O3S/c1-29-21-10-6-17(7-11-21)15-27(16-18-8-12-22(30-2)13-9-18)24(31)26-23(28)19-4-3-5-20(25)14-19/h3-14H,15-16,25H2,1-2H3,(H,26,28,31). The monoisotopic (exact) mass is 435 g/mol. The number of rotatable bonds is 7. The lowest BCUT2D eigenvalue weighted by Crippen LogP contribution is -2.42. The fraction of sp³-hybridized carbons (Fsp3) is 0.167. The Balaban J connectivity index is 1.78. The van der Waals surface area contributed by atoms with E-state index in [2.05, 4.69) is 5.32 Å². The molecule has 0 aliphatic carbocycles. The maximum atomic E-state index is 12.7. The van der Waals surface area contributed by atoms with Crippen LogP contribution in [-0.2, 0) is 13.1 Å². The first kappa shape index (κ1) is 22.1. The Hall–Kier alpha value is -3.58. The molecular weight excluding hydrogens is 410 g/mol. The van der Waals surface area contributed by atoms with E-state index in [1.807, 2.05) is 53.4 Å². The van der Waals surface area contributed by atoms with Crippen molar-refractivity contribution in [2.45, 2.75) is 13.1 Å². The average molecular weight is 436 g/mol. The molecule has 3 rings (SSSR count). The number of ether oxygens (including phenoxy) is 2. The Morgan fingerprint density at radius 3 is 1.87 bits per heavy atom. The first-order chi connectivity index (χ1) is 15.0. The molecule has 1 amide bonds. The molecule has 0 bridgehead atoms. The van der Waals surface area contributed by atoms with Crippen LogP contribution in [0.4, 0.5) is 5.69 Å². The molecule has 31 heavy (non-hydrogen) atoms. The predicted molar refractivity (Wildman–Crippen MR) is 126 cm³/mol. The molecular formula is C24H25N3O3S. The van der Waals surface area contributed by atoms with Crippen molar-refractivity contribution in [2.24, 2.45) is 0 Å². The summed E-state index contributed by atoms with van der Waals surface area (Å²) in [4.78, 5) is 14.6. The number of methoxy groups -OCH3 is 2. The Labute approximate surface area is 187 Å². The number of thiocarbonyl (C=S) groups is 1. The van der Waals surface area contributed by atoms with Gasteiger partial charge in [0.1, 0.15) is 11.5 Å². The maximum absolute atomic E-state index is 12.7. The largest absolute Gasteiger partial charge is 0.497 e. The van der Waals surface area contributed by atoms with Gasteiger partial charge in [0.05, 0.1) is 14.2 Å². The van der Waals surface area contributed by atoms with E-state index < -0.39 is 0 Å². The molecule has 3 aromatic rings. The number of nitrogen functional groups attached to an aromatic ring is 1. The fourth-order valence-electron chi connectivity index (χ4n) is 3.03. The van der Waals surface area contributed by atoms with Gasteiger partial charge < -0.3 is 20.1 Å². The third-order valence-corrected chi connectivity index (χ3v) is 5.08. The molecule has 0 fully saturated rings. The number of anilines is 1. The Morgan fingerprint density at radius 1 is 0.903 bits per heavy atom. The van der Waals surface area contributed by atoms with Gasteiger partial charge in [0.2, 0.25) is 0 Å². The summed E-state index contributed by atoms with van der Waals surface area (Å²) in [6.45, 7) is 1.04. The minimum absolute atomic E-state index is 0.299. The number of nitrogens with zero attached hydrogens (tertiary/aromatic N) is 1. The van der Waals surface area contributed by atoms with E-state index in [9.17, 15) is 4.79 Å². The molecule has 7 heteroatoms. The van der Waals surface area contributed by atoms with Crippen molar-refractivity contribution in [1.29, 1.82) is 0 Å². The molecule has 0 saturated heterocycles. The fourth-order valence-corrected chi connectivity index (χ4v) is 3.25. The Bertz CT molecular complexity index is 987. The van der Waals surface area contributed by atoms with Crippen LogP contribution in [0.25, 0.3) is 0 Å². The molecule has 0 unspecified atom stereocenters. The number of hydrogen-bond donors (Lipinski definition) is 2. The third-order valence-electron chi connectivity index (χ3n) is 4.72. The first-order valence-electron chi connectivity index (χ1n) is 9.70. The molecule has 0 heterocycles. The van der Waals surface area contributed by atoms with E-state index in [1.54, 1.807) is 38.5 Å². The van der Waals surface area contributed by atoms with Crippen LogP contribution in [0.5, 0.6) is 11.5 Å². The molecule has 0 saturated carbocycles. The molecule has 3 N–H and O–H groups in total. The van der Waals surface area contributed by atoms with Crippen LogP contribution >= 0.6 is 12.2 Å². The second-order valence-electron chi connectivity index (χ2n) is 6.94. The SMILES string of the molecule is COc1ccc(CN(Cc2ccc(OC)cc2)C(=S)NC(=O)c2cccc(N)c2)cc1. The van der Waals surface area contributed by atoms with Crippen molar-refractivity contribution >= 4 is 28.9 Å². The normalized spacial score (nSPS) is 10.3. The van der Waals surface area contributed by atoms with E-state index in [-0.39, 0.29) is 5.91 Å². The Morgan fingerprint density at radius 2 is 1.42 bits per heavy atom. The van der Waals surface area contributed by atoms with Crippen molar-refractivity contribution < 1.29 is 14.3 Å². The van der Waals surface area contributed by atoms with Gasteiger partial charge in [0, 0.05) is 24.3 Å². The average Bonchev–Trinajstić information content (AvgIpc) is 2.79. The van der Waals surface area contributed by atoms with Gasteiger partial charge in [-0.05, 0) is 65.8 Å². The molecule has 6 nitrogen and oxygen atoms in total. The molecule has 0 aromatic heterocycles. The lowest BCUT2D eigenvalue weighted by molar-refractivity contribution is 0.0972. The van der Waals surface area contributed by atoms with Gasteiger partial charge >= 0.3 is 0 Å². The van der Waals surface area contributed by atoms with Gasteiger partial charge in [-0.1, -0.05) is 30.3 Å². The van der Waals surface area contributed by atoms with E-state index >= 15 is 0 Å². The number of nitrogens with one attached hydrogen (secondary N) is 1. The van der Waals surface area contributed by atoms with E-state index in [0.717, 1.165) is 22.6 Å². The van der Waals surface area contributed by atoms with Crippen molar-refractivity contribution in [3.8, 4) is 11.5 Å². The lowest BCUT2D eigenvalue weighted by atomic mass is 10.1. The molecule has 0 atom stereocenters. The summed E-state index contributed by atoms with van der Waals surface area (Å²) < 4.78 is 10.5. The van der Waals surface area contributed by atoms with E-state index in [1.165, 1.54) is 0 Å². The van der Waals surface area contributed by atoms with Crippen LogP contribution in [0.1, 0.15) is 21.5 Å². The topological polar surface area (TPSA) is 76.8 Å². The number of nitrogens with two attached hydrogens (primary N) is 1. The van der Waals surface area contributed by atoms with Crippen molar-refractivity contribution in [3.63, 3.8) is 0 Å². The molecule has 3 aromatic carbocycles. The first-order valence-corrected chi connectivity index (χ1v) is 10.1. The number of benzene rings is 3. The zero-order chi connectivity index (χ0) is 22.2. The van der Waals surface area contributed by atoms with Crippen LogP contribution in [0.15, 0.2) is 72.8 Å². The number of carbonyl (C=O) groups excluding carboxylic acids is 1. The second-order valence-corrected chi connectivity index (χ2v) is 7.32. The van der Waals surface area contributed by atoms with Crippen LogP contribution in [0.3, 0.4) is 0 Å². The molecule has 0 aliphatic heterocycles. The van der Waals surface area contributed by atoms with Crippen LogP contribution in [0.2, 0.25) is 0 Å². The summed E-state index contributed by atoms with van der Waals surface area (Å²) in [6.07, 6.45) is 0. The summed E-state index contributed by atoms with van der Waals surface area (Å²) in [5, 5.41) is 3.16. The van der Waals surface area contributed by atoms with Crippen LogP contribution in [0, 0.1) is 0 Å². The van der Waals surface area contributed by atoms with Crippen molar-refractivity contribution in [3.05, 3.63) is 89.5 Å². The summed E-state index contributed by atoms with van der Waals surface area (Å²) in [6, 6.07) is 22.3. The molecule has 0 radical (unpaired) electrons. The summed E-state index contributed by atoms with van der Waals surface area (Å²) >= 11 is 5.59. The highest BCUT2D eigenvalue weighted by atomic mass is 32.1. The third kappa shape index (κ3) is 6.20. The molecule has 0 aliphatic rings. The minimum atomic E-state index is -0.299. The van der Waals surface area contributed by atoms with Gasteiger partial charge in [-0.15, -0.1) is 0 Å². The minimum Gasteiger partial charge on any atom is -0.497 e. The smallest absolute Gasteiger partial charge is 0.257 e. The van der Waals surface area contributed by atoms with Crippen LogP contribution < -0.4 is 20.5 Å². The van der Waals surface area contributed by atoms with Gasteiger partial charge in [0.15, 0.2) is 5.11 Å². The second kappa shape index (κ2) is 10.4. The molecule has 0 spiro atoms. The molecule has 160 valence electrons. The summed E-state index contributed by atoms with van der Waals surface area (Å²) in [5.74, 6) is 1.26. The van der Waals surface area contributed by atoms with E-state index in [4.69, 9.17) is 27.4 Å². The summed E-state index contributed by atoms with van der Waals surface area (Å²) in [5.41, 5.74) is 8.84. The van der Waals surface area contributed by atoms with Gasteiger partial charge in [0.25, 0.3) is 5.91 Å². The van der Waals surface area contributed by atoms with Crippen molar-refractivity contribution in [2.75, 3.05) is 20.0 Å². The lowest BCUT2D eigenvalue weighted by Gasteiger charge is -2.26.